The van der Waals surface area contributed by atoms with Crippen LogP contribution < -0.4 is 9.74 Å². The first-order chi connectivity index (χ1) is 17.5. The minimum absolute atomic E-state index is 0.0641. The summed E-state index contributed by atoms with van der Waals surface area (Å²) in [6.45, 7) is 6.61. The molecule has 0 aliphatic carbocycles. The van der Waals surface area contributed by atoms with E-state index in [9.17, 15) is 18.5 Å². The molecule has 0 amide bonds. The highest BCUT2D eigenvalue weighted by Gasteiger charge is 2.33. The highest BCUT2D eigenvalue weighted by molar-refractivity contribution is 7.90. The molecule has 14 heteroatoms. The molecule has 0 bridgehead atoms. The molecule has 2 aromatic heterocycles. The van der Waals surface area contributed by atoms with E-state index in [0.717, 1.165) is 6.26 Å². The monoisotopic (exact) mass is 529 g/mol. The Morgan fingerprint density at radius 3 is 2.46 bits per heavy atom. The van der Waals surface area contributed by atoms with Gasteiger partial charge in [0.1, 0.15) is 6.33 Å². The molecule has 0 N–H and O–H groups in total. The maximum Gasteiger partial charge on any atom is 0.375 e. The van der Waals surface area contributed by atoms with Crippen molar-refractivity contribution in [2.45, 2.75) is 50.3 Å². The van der Waals surface area contributed by atoms with Gasteiger partial charge in [0.2, 0.25) is 11.7 Å². The Kier molecular flexibility index (Phi) is 7.47. The summed E-state index contributed by atoms with van der Waals surface area (Å²) in [5.41, 5.74) is 0.591. The summed E-state index contributed by atoms with van der Waals surface area (Å²) in [7, 11) is -3.33. The zero-order chi connectivity index (χ0) is 26.7. The minimum Gasteiger partial charge on any atom is -0.351 e. The van der Waals surface area contributed by atoms with Crippen molar-refractivity contribution in [3.8, 4) is 5.88 Å². The topological polar surface area (TPSA) is 167 Å². The summed E-state index contributed by atoms with van der Waals surface area (Å²) in [5.74, 6) is 1.33. The van der Waals surface area contributed by atoms with Crippen LogP contribution in [-0.2, 0) is 9.84 Å². The predicted molar refractivity (Wildman–Crippen MR) is 134 cm³/mol. The fraction of sp³-hybridized carbons (Fsp3) is 0.435. The van der Waals surface area contributed by atoms with Crippen LogP contribution in [0.1, 0.15) is 62.7 Å². The SMILES string of the molecule is C/C(=N\Oc1ncnc(N2CCC(c3nc(C(C)C)no3)CC2)c1[N+](=O)[O-])c1ccc(S(C)(=O)=O)cc1. The number of piperidine rings is 1. The lowest BCUT2D eigenvalue weighted by Gasteiger charge is -2.30. The van der Waals surface area contributed by atoms with Crippen LogP contribution >= 0.6 is 0 Å². The molecule has 1 aliphatic rings. The number of hydrogen-bond acceptors (Lipinski definition) is 12. The van der Waals surface area contributed by atoms with Crippen LogP contribution in [-0.4, -0.2) is 58.5 Å². The number of benzene rings is 1. The Morgan fingerprint density at radius 1 is 1.22 bits per heavy atom. The molecule has 196 valence electrons. The van der Waals surface area contributed by atoms with Gasteiger partial charge in [0, 0.05) is 31.2 Å². The number of anilines is 1. The number of oxime groups is 1. The third-order valence-electron chi connectivity index (χ3n) is 6.04. The molecule has 1 aromatic carbocycles. The van der Waals surface area contributed by atoms with Crippen molar-refractivity contribution in [1.82, 2.24) is 20.1 Å². The van der Waals surface area contributed by atoms with Crippen molar-refractivity contribution in [1.29, 1.82) is 0 Å². The second kappa shape index (κ2) is 10.6. The van der Waals surface area contributed by atoms with E-state index in [1.165, 1.54) is 18.5 Å². The molecule has 4 rings (SSSR count). The van der Waals surface area contributed by atoms with Gasteiger partial charge in [-0.15, -0.1) is 0 Å². The van der Waals surface area contributed by atoms with Crippen molar-refractivity contribution in [3.63, 3.8) is 0 Å². The van der Waals surface area contributed by atoms with Crippen molar-refractivity contribution < 1.29 is 22.7 Å². The van der Waals surface area contributed by atoms with Crippen molar-refractivity contribution >= 4 is 27.1 Å². The second-order valence-corrected chi connectivity index (χ2v) is 11.1. The molecule has 0 spiro atoms. The molecular formula is C23H27N7O6S. The van der Waals surface area contributed by atoms with E-state index in [2.05, 4.69) is 25.3 Å². The summed E-state index contributed by atoms with van der Waals surface area (Å²) >= 11 is 0. The summed E-state index contributed by atoms with van der Waals surface area (Å²) in [6.07, 6.45) is 3.64. The van der Waals surface area contributed by atoms with Gasteiger partial charge in [0.15, 0.2) is 15.7 Å². The number of aromatic nitrogens is 4. The first-order valence-corrected chi connectivity index (χ1v) is 13.5. The minimum atomic E-state index is -3.33. The predicted octanol–water partition coefficient (Wildman–Crippen LogP) is 3.48. The van der Waals surface area contributed by atoms with Gasteiger partial charge < -0.3 is 14.3 Å². The molecule has 37 heavy (non-hydrogen) atoms. The molecule has 1 aliphatic heterocycles. The second-order valence-electron chi connectivity index (χ2n) is 9.08. The van der Waals surface area contributed by atoms with Crippen LogP contribution in [0.25, 0.3) is 0 Å². The molecule has 0 atom stereocenters. The Balaban J connectivity index is 1.50. The van der Waals surface area contributed by atoms with Crippen LogP contribution in [0.4, 0.5) is 11.5 Å². The molecule has 13 nitrogen and oxygen atoms in total. The Hall–Kier alpha value is -3.94. The van der Waals surface area contributed by atoms with E-state index in [0.29, 0.717) is 48.9 Å². The van der Waals surface area contributed by atoms with E-state index in [4.69, 9.17) is 9.36 Å². The van der Waals surface area contributed by atoms with Crippen LogP contribution in [0.15, 0.2) is 45.2 Å². The maximum atomic E-state index is 12.0. The number of nitro groups is 1. The van der Waals surface area contributed by atoms with E-state index in [-0.39, 0.29) is 34.1 Å². The highest BCUT2D eigenvalue weighted by Crippen LogP contribution is 2.37. The molecular weight excluding hydrogens is 502 g/mol. The lowest BCUT2D eigenvalue weighted by atomic mass is 9.96. The molecule has 0 unspecified atom stereocenters. The fourth-order valence-electron chi connectivity index (χ4n) is 3.91. The van der Waals surface area contributed by atoms with Crippen LogP contribution in [0, 0.1) is 10.1 Å². The fourth-order valence-corrected chi connectivity index (χ4v) is 4.54. The van der Waals surface area contributed by atoms with E-state index < -0.39 is 14.8 Å². The molecule has 1 saturated heterocycles. The van der Waals surface area contributed by atoms with Crippen molar-refractivity contribution in [3.05, 3.63) is 58.0 Å². The third-order valence-corrected chi connectivity index (χ3v) is 7.17. The maximum absolute atomic E-state index is 12.0. The smallest absolute Gasteiger partial charge is 0.351 e. The summed E-state index contributed by atoms with van der Waals surface area (Å²) in [5, 5.41) is 20.0. The van der Waals surface area contributed by atoms with Gasteiger partial charge in [0.05, 0.1) is 15.5 Å². The normalized spacial score (nSPS) is 15.3. The summed E-state index contributed by atoms with van der Waals surface area (Å²) in [6, 6.07) is 6.07. The number of nitrogens with zero attached hydrogens (tertiary/aromatic N) is 7. The van der Waals surface area contributed by atoms with Gasteiger partial charge in [-0.2, -0.15) is 9.97 Å². The van der Waals surface area contributed by atoms with Gasteiger partial charge >= 0.3 is 11.6 Å². The van der Waals surface area contributed by atoms with Gasteiger partial charge in [-0.05, 0) is 37.5 Å². The standard InChI is InChI=1S/C23H27N7O6S/c1-14(2)20-26-22(35-28-20)17-9-11-29(12-10-17)21-19(30(31)32)23(25-13-24-21)36-27-15(3)16-5-7-18(8-6-16)37(4,33)34/h5-8,13-14,17H,9-12H2,1-4H3/b27-15+. The van der Waals surface area contributed by atoms with Crippen LogP contribution in [0.2, 0.25) is 0 Å². The molecule has 0 radical (unpaired) electrons. The largest absolute Gasteiger partial charge is 0.375 e. The first-order valence-electron chi connectivity index (χ1n) is 11.6. The van der Waals surface area contributed by atoms with E-state index >= 15 is 0 Å². The zero-order valence-electron chi connectivity index (χ0n) is 20.9. The van der Waals surface area contributed by atoms with Gasteiger partial charge in [-0.1, -0.05) is 36.3 Å². The van der Waals surface area contributed by atoms with Crippen molar-refractivity contribution in [2.24, 2.45) is 5.16 Å². The Morgan fingerprint density at radius 2 is 1.89 bits per heavy atom. The van der Waals surface area contributed by atoms with Gasteiger partial charge in [0.25, 0.3) is 0 Å². The van der Waals surface area contributed by atoms with Crippen LogP contribution in [0.5, 0.6) is 5.88 Å². The van der Waals surface area contributed by atoms with Gasteiger partial charge in [-0.25, -0.2) is 13.4 Å². The lowest BCUT2D eigenvalue weighted by Crippen LogP contribution is -2.34. The molecule has 0 saturated carbocycles. The number of rotatable bonds is 8. The van der Waals surface area contributed by atoms with E-state index in [1.54, 1.807) is 19.1 Å². The van der Waals surface area contributed by atoms with Crippen molar-refractivity contribution in [2.75, 3.05) is 24.2 Å². The first kappa shape index (κ1) is 26.1. The lowest BCUT2D eigenvalue weighted by molar-refractivity contribution is -0.385. The Bertz CT molecular complexity index is 1410. The average Bonchev–Trinajstić information content (AvgIpc) is 3.37. The summed E-state index contributed by atoms with van der Waals surface area (Å²) in [4.78, 5) is 31.3. The van der Waals surface area contributed by atoms with E-state index in [1.807, 2.05) is 18.7 Å². The molecule has 1 fully saturated rings. The van der Waals surface area contributed by atoms with Crippen LogP contribution in [0.3, 0.4) is 0 Å². The zero-order valence-corrected chi connectivity index (χ0v) is 21.7. The molecule has 3 heterocycles. The Labute approximate surface area is 213 Å². The summed E-state index contributed by atoms with van der Waals surface area (Å²) < 4.78 is 28.7. The number of sulfone groups is 1. The van der Waals surface area contributed by atoms with Gasteiger partial charge in [-0.3, -0.25) is 10.1 Å². The quantitative estimate of drug-likeness (QED) is 0.238. The third kappa shape index (κ3) is 5.90. The highest BCUT2D eigenvalue weighted by atomic mass is 32.2. The molecule has 3 aromatic rings. The number of hydrogen-bond donors (Lipinski definition) is 0. The average molecular weight is 530 g/mol.